The first-order valence-electron chi connectivity index (χ1n) is 15.8. The molecule has 0 bridgehead atoms. The van der Waals surface area contributed by atoms with E-state index in [4.69, 9.17) is 9.40 Å². The summed E-state index contributed by atoms with van der Waals surface area (Å²) in [6.07, 6.45) is 6.43. The first-order chi connectivity index (χ1) is 22.2. The average molecular weight is 794 g/mol. The molecule has 4 heterocycles. The Kier molecular flexibility index (Phi) is 10.5. The van der Waals surface area contributed by atoms with Gasteiger partial charge in [0.1, 0.15) is 0 Å². The van der Waals surface area contributed by atoms with Crippen LogP contribution in [-0.4, -0.2) is 15.0 Å². The van der Waals surface area contributed by atoms with Crippen molar-refractivity contribution in [2.24, 2.45) is 5.92 Å². The van der Waals surface area contributed by atoms with Crippen LogP contribution in [0, 0.1) is 52.7 Å². The molecule has 5 heteroatoms. The van der Waals surface area contributed by atoms with Crippen molar-refractivity contribution in [2.75, 3.05) is 0 Å². The van der Waals surface area contributed by atoms with Crippen LogP contribution < -0.4 is 0 Å². The number of pyridine rings is 3. The van der Waals surface area contributed by atoms with Gasteiger partial charge in [0.2, 0.25) is 0 Å². The maximum absolute atomic E-state index is 5.77. The van der Waals surface area contributed by atoms with Gasteiger partial charge in [-0.3, -0.25) is 9.97 Å². The largest absolute Gasteiger partial charge is 0.506 e. The Hall–Kier alpha value is -4.44. The topological polar surface area (TPSA) is 51.8 Å². The predicted molar refractivity (Wildman–Crippen MR) is 190 cm³/mol. The number of fused-ring (bicyclic) bond motifs is 3. The molecule has 3 aromatic carbocycles. The number of furan rings is 1. The van der Waals surface area contributed by atoms with Crippen molar-refractivity contribution in [1.82, 2.24) is 15.0 Å². The van der Waals surface area contributed by atoms with Crippen LogP contribution in [0.15, 0.2) is 95.9 Å². The second-order valence-electron chi connectivity index (χ2n) is 12.6. The monoisotopic (exact) mass is 794 g/mol. The van der Waals surface area contributed by atoms with E-state index < -0.39 is 0 Å². The minimum absolute atomic E-state index is 0. The molecule has 0 unspecified atom stereocenters. The van der Waals surface area contributed by atoms with Crippen molar-refractivity contribution in [3.63, 3.8) is 0 Å². The van der Waals surface area contributed by atoms with E-state index in [-0.39, 0.29) is 20.1 Å². The van der Waals surface area contributed by atoms with E-state index in [0.29, 0.717) is 5.92 Å². The molecule has 0 aliphatic heterocycles. The fourth-order valence-electron chi connectivity index (χ4n) is 5.49. The molecule has 47 heavy (non-hydrogen) atoms. The standard InChI is InChI=1S/C27H23N2O.C15H16N.Ir/c1-17(2)14-22-8-9-23-24(15-21-11-13-30-27(21)26(23)29-22)25-16-20(10-12-28-25)19-6-4-18(3)5-7-19;1-10-5-6-14(7-11(10)2)15-8-12(3)13(4)9-16-15;/h4-13,16-17H,14H2,1-3H3;5,7-9H,1-4H3;/q2*-1;. The van der Waals surface area contributed by atoms with E-state index in [1.807, 2.05) is 30.6 Å². The van der Waals surface area contributed by atoms with Crippen molar-refractivity contribution in [3.05, 3.63) is 137 Å². The normalized spacial score (nSPS) is 11.0. The van der Waals surface area contributed by atoms with Crippen LogP contribution in [0.4, 0.5) is 0 Å². The summed E-state index contributed by atoms with van der Waals surface area (Å²) in [6.45, 7) is 14.9. The van der Waals surface area contributed by atoms with E-state index >= 15 is 0 Å². The maximum Gasteiger partial charge on any atom is 0.0847 e. The van der Waals surface area contributed by atoms with Gasteiger partial charge in [0.25, 0.3) is 0 Å². The van der Waals surface area contributed by atoms with Crippen LogP contribution in [-0.2, 0) is 26.5 Å². The van der Waals surface area contributed by atoms with E-state index in [9.17, 15) is 0 Å². The van der Waals surface area contributed by atoms with Crippen LogP contribution in [0.25, 0.3) is 55.5 Å². The minimum atomic E-state index is 0. The quantitative estimate of drug-likeness (QED) is 0.163. The number of nitrogens with zero attached hydrogens (tertiary/aromatic N) is 3. The Bertz CT molecular complexity index is 2110. The van der Waals surface area contributed by atoms with E-state index in [1.165, 1.54) is 33.4 Å². The van der Waals surface area contributed by atoms with Crippen molar-refractivity contribution in [3.8, 4) is 33.6 Å². The molecular weight excluding hydrogens is 755 g/mol. The minimum Gasteiger partial charge on any atom is -0.506 e. The first kappa shape index (κ1) is 33.9. The number of hydrogen-bond acceptors (Lipinski definition) is 4. The third kappa shape index (κ3) is 7.59. The van der Waals surface area contributed by atoms with Gasteiger partial charge in [-0.15, -0.1) is 41.0 Å². The molecule has 4 nitrogen and oxygen atoms in total. The first-order valence-corrected chi connectivity index (χ1v) is 15.8. The second kappa shape index (κ2) is 14.5. The summed E-state index contributed by atoms with van der Waals surface area (Å²) >= 11 is 0. The molecule has 0 aliphatic carbocycles. The SMILES string of the molecule is Cc1c[c-]c(-c2cc(C)c(C)cn2)cc1C.Cc1ccc(-c2ccnc(-c3[c-]c4ccoc4c4nc(CC(C)C)ccc34)c2)cc1.[Ir]. The van der Waals surface area contributed by atoms with Gasteiger partial charge in [-0.05, 0) is 67.6 Å². The van der Waals surface area contributed by atoms with Gasteiger partial charge in [0, 0.05) is 55.7 Å². The molecule has 0 saturated carbocycles. The molecule has 7 aromatic rings. The summed E-state index contributed by atoms with van der Waals surface area (Å²) in [5.41, 5.74) is 15.3. The summed E-state index contributed by atoms with van der Waals surface area (Å²) in [7, 11) is 0. The molecule has 0 fully saturated rings. The summed E-state index contributed by atoms with van der Waals surface area (Å²) in [5, 5.41) is 1.94. The molecule has 0 amide bonds. The number of hydrogen-bond donors (Lipinski definition) is 0. The molecular formula is C42H39IrN3O-2. The second-order valence-corrected chi connectivity index (χ2v) is 12.6. The fraction of sp³-hybridized carbons (Fsp3) is 0.214. The van der Waals surface area contributed by atoms with E-state index in [2.05, 4.69) is 125 Å². The van der Waals surface area contributed by atoms with Crippen molar-refractivity contribution < 1.29 is 24.5 Å². The fourth-order valence-corrected chi connectivity index (χ4v) is 5.49. The van der Waals surface area contributed by atoms with Crippen molar-refractivity contribution >= 4 is 21.9 Å². The van der Waals surface area contributed by atoms with Crippen molar-refractivity contribution in [2.45, 2.75) is 54.9 Å². The number of aryl methyl sites for hydroxylation is 5. The maximum atomic E-state index is 5.77. The molecule has 0 N–H and O–H groups in total. The Balaban J connectivity index is 0.000000217. The van der Waals surface area contributed by atoms with Crippen LogP contribution >= 0.6 is 0 Å². The summed E-state index contributed by atoms with van der Waals surface area (Å²) in [4.78, 5) is 14.1. The zero-order valence-electron chi connectivity index (χ0n) is 28.0. The van der Waals surface area contributed by atoms with Crippen molar-refractivity contribution in [1.29, 1.82) is 0 Å². The van der Waals surface area contributed by atoms with Gasteiger partial charge in [0.15, 0.2) is 0 Å². The number of benzene rings is 3. The molecule has 7 rings (SSSR count). The molecule has 1 radical (unpaired) electrons. The Morgan fingerprint density at radius 3 is 2.23 bits per heavy atom. The van der Waals surface area contributed by atoms with Crippen LogP contribution in [0.3, 0.4) is 0 Å². The molecule has 0 spiro atoms. The van der Waals surface area contributed by atoms with Crippen LogP contribution in [0.1, 0.15) is 47.4 Å². The summed E-state index contributed by atoms with van der Waals surface area (Å²) in [6, 6.07) is 32.0. The predicted octanol–water partition coefficient (Wildman–Crippen LogP) is 10.8. The molecule has 4 aromatic heterocycles. The molecule has 239 valence electrons. The van der Waals surface area contributed by atoms with Crippen LogP contribution in [0.5, 0.6) is 0 Å². The van der Waals surface area contributed by atoms with Gasteiger partial charge in [0.05, 0.1) is 5.58 Å². The van der Waals surface area contributed by atoms with Gasteiger partial charge < -0.3 is 9.40 Å². The van der Waals surface area contributed by atoms with Crippen LogP contribution in [0.2, 0.25) is 0 Å². The summed E-state index contributed by atoms with van der Waals surface area (Å²) in [5.74, 6) is 0.546. The molecule has 0 saturated heterocycles. The summed E-state index contributed by atoms with van der Waals surface area (Å²) < 4.78 is 5.77. The third-order valence-corrected chi connectivity index (χ3v) is 8.46. The zero-order valence-corrected chi connectivity index (χ0v) is 30.4. The Labute approximate surface area is 291 Å². The Morgan fingerprint density at radius 1 is 0.745 bits per heavy atom. The van der Waals surface area contributed by atoms with Gasteiger partial charge >= 0.3 is 0 Å². The number of rotatable bonds is 5. The van der Waals surface area contributed by atoms with E-state index in [1.54, 1.807) is 6.26 Å². The molecule has 0 aliphatic rings. The van der Waals surface area contributed by atoms with Gasteiger partial charge in [-0.1, -0.05) is 104 Å². The van der Waals surface area contributed by atoms with Gasteiger partial charge in [-0.2, -0.15) is 0 Å². The Morgan fingerprint density at radius 2 is 1.51 bits per heavy atom. The molecule has 0 atom stereocenters. The van der Waals surface area contributed by atoms with Gasteiger partial charge in [-0.25, -0.2) is 0 Å². The third-order valence-electron chi connectivity index (χ3n) is 8.46. The van der Waals surface area contributed by atoms with E-state index in [0.717, 1.165) is 62.1 Å². The zero-order chi connectivity index (χ0) is 32.4. The smallest absolute Gasteiger partial charge is 0.0847 e. The number of aromatic nitrogens is 3. The average Bonchev–Trinajstić information content (AvgIpc) is 3.53.